The Kier molecular flexibility index (Phi) is 3.01. The second-order valence-electron chi connectivity index (χ2n) is 4.28. The second-order valence-corrected chi connectivity index (χ2v) is 4.28. The van der Waals surface area contributed by atoms with Crippen LogP contribution in [0.15, 0.2) is 60.8 Å². The molecule has 0 aliphatic rings. The first kappa shape index (κ1) is 12.1. The van der Waals surface area contributed by atoms with Crippen LogP contribution in [0.3, 0.4) is 0 Å². The van der Waals surface area contributed by atoms with Crippen molar-refractivity contribution in [2.24, 2.45) is 0 Å². The molecule has 0 saturated heterocycles. The second kappa shape index (κ2) is 4.97. The molecule has 0 bridgehead atoms. The monoisotopic (exact) mass is 265 g/mol. The summed E-state index contributed by atoms with van der Waals surface area (Å²) in [5.41, 5.74) is 2.03. The molecule has 1 aromatic heterocycles. The van der Waals surface area contributed by atoms with Gasteiger partial charge in [-0.25, -0.2) is 0 Å². The number of anilines is 2. The van der Waals surface area contributed by atoms with E-state index in [1.165, 1.54) is 6.07 Å². The highest BCUT2D eigenvalue weighted by Crippen LogP contribution is 2.29. The van der Waals surface area contributed by atoms with Crippen LogP contribution in [0, 0.1) is 10.1 Å². The SMILES string of the molecule is O=[N+]([O-])c1ccccc1Nc1cccc2cccnc12. The van der Waals surface area contributed by atoms with Crippen LogP contribution in [0.1, 0.15) is 0 Å². The quantitative estimate of drug-likeness (QED) is 0.576. The number of nitrogens with zero attached hydrogens (tertiary/aromatic N) is 2. The molecule has 0 fully saturated rings. The van der Waals surface area contributed by atoms with Gasteiger partial charge in [-0.1, -0.05) is 30.3 Å². The third-order valence-electron chi connectivity index (χ3n) is 3.00. The van der Waals surface area contributed by atoms with Crippen LogP contribution in [0.25, 0.3) is 10.9 Å². The number of rotatable bonds is 3. The Balaban J connectivity index is 2.08. The summed E-state index contributed by atoms with van der Waals surface area (Å²) in [7, 11) is 0. The normalized spacial score (nSPS) is 10.4. The molecular weight excluding hydrogens is 254 g/mol. The number of benzene rings is 2. The van der Waals surface area contributed by atoms with Gasteiger partial charge in [-0.05, 0) is 18.2 Å². The van der Waals surface area contributed by atoms with Crippen LogP contribution >= 0.6 is 0 Å². The molecule has 5 nitrogen and oxygen atoms in total. The molecule has 0 unspecified atom stereocenters. The average Bonchev–Trinajstić information content (AvgIpc) is 2.48. The van der Waals surface area contributed by atoms with Crippen molar-refractivity contribution in [3.8, 4) is 0 Å². The maximum absolute atomic E-state index is 11.0. The molecule has 0 radical (unpaired) electrons. The van der Waals surface area contributed by atoms with Crippen molar-refractivity contribution in [3.63, 3.8) is 0 Å². The van der Waals surface area contributed by atoms with Gasteiger partial charge in [-0.3, -0.25) is 15.1 Å². The van der Waals surface area contributed by atoms with E-state index in [1.807, 2.05) is 30.3 Å². The standard InChI is InChI=1S/C15H11N3O2/c19-18(20)14-9-2-1-7-12(14)17-13-8-3-5-11-6-4-10-16-15(11)13/h1-10,17H. The predicted molar refractivity (Wildman–Crippen MR) is 78.1 cm³/mol. The molecule has 1 heterocycles. The van der Waals surface area contributed by atoms with Crippen molar-refractivity contribution in [3.05, 3.63) is 70.9 Å². The van der Waals surface area contributed by atoms with E-state index in [0.29, 0.717) is 5.69 Å². The van der Waals surface area contributed by atoms with Gasteiger partial charge in [-0.2, -0.15) is 0 Å². The zero-order chi connectivity index (χ0) is 13.9. The molecule has 3 aromatic rings. The van der Waals surface area contributed by atoms with Crippen molar-refractivity contribution in [1.82, 2.24) is 4.98 Å². The van der Waals surface area contributed by atoms with E-state index >= 15 is 0 Å². The Bertz CT molecular complexity index is 781. The van der Waals surface area contributed by atoms with E-state index in [2.05, 4.69) is 10.3 Å². The highest BCUT2D eigenvalue weighted by Gasteiger charge is 2.13. The molecule has 1 N–H and O–H groups in total. The van der Waals surface area contributed by atoms with Gasteiger partial charge in [0.15, 0.2) is 0 Å². The smallest absolute Gasteiger partial charge is 0.292 e. The lowest BCUT2D eigenvalue weighted by Crippen LogP contribution is -1.97. The molecule has 2 aromatic carbocycles. The summed E-state index contributed by atoms with van der Waals surface area (Å²) in [4.78, 5) is 14.9. The number of hydrogen-bond acceptors (Lipinski definition) is 4. The van der Waals surface area contributed by atoms with Crippen molar-refractivity contribution in [1.29, 1.82) is 0 Å². The van der Waals surface area contributed by atoms with Gasteiger partial charge in [-0.15, -0.1) is 0 Å². The average molecular weight is 265 g/mol. The van der Waals surface area contributed by atoms with Gasteiger partial charge in [0, 0.05) is 17.6 Å². The first-order valence-electron chi connectivity index (χ1n) is 6.10. The molecule has 20 heavy (non-hydrogen) atoms. The molecular formula is C15H11N3O2. The molecule has 3 rings (SSSR count). The number of aromatic nitrogens is 1. The number of para-hydroxylation sites is 3. The summed E-state index contributed by atoms with van der Waals surface area (Å²) in [5, 5.41) is 15.1. The van der Waals surface area contributed by atoms with Crippen LogP contribution in [0.2, 0.25) is 0 Å². The molecule has 0 spiro atoms. The van der Waals surface area contributed by atoms with Gasteiger partial charge >= 0.3 is 0 Å². The predicted octanol–water partition coefficient (Wildman–Crippen LogP) is 3.89. The Morgan fingerprint density at radius 3 is 2.55 bits per heavy atom. The summed E-state index contributed by atoms with van der Waals surface area (Å²) in [6.07, 6.45) is 1.70. The Hall–Kier alpha value is -2.95. The summed E-state index contributed by atoms with van der Waals surface area (Å²) in [6.45, 7) is 0. The molecule has 0 amide bonds. The third-order valence-corrected chi connectivity index (χ3v) is 3.00. The van der Waals surface area contributed by atoms with Crippen molar-refractivity contribution in [2.45, 2.75) is 0 Å². The van der Waals surface area contributed by atoms with Crippen LogP contribution in [-0.2, 0) is 0 Å². The van der Waals surface area contributed by atoms with Gasteiger partial charge < -0.3 is 5.32 Å². The Labute approximate surface area is 115 Å². The van der Waals surface area contributed by atoms with E-state index < -0.39 is 4.92 Å². The fraction of sp³-hybridized carbons (Fsp3) is 0. The number of pyridine rings is 1. The minimum Gasteiger partial charge on any atom is -0.348 e. The van der Waals surface area contributed by atoms with Crippen LogP contribution in [0.5, 0.6) is 0 Å². The van der Waals surface area contributed by atoms with Crippen LogP contribution < -0.4 is 5.32 Å². The largest absolute Gasteiger partial charge is 0.348 e. The zero-order valence-electron chi connectivity index (χ0n) is 10.5. The van der Waals surface area contributed by atoms with E-state index in [9.17, 15) is 10.1 Å². The summed E-state index contributed by atoms with van der Waals surface area (Å²) in [6, 6.07) is 16.1. The van der Waals surface area contributed by atoms with Crippen molar-refractivity contribution in [2.75, 3.05) is 5.32 Å². The number of nitrogens with one attached hydrogen (secondary N) is 1. The summed E-state index contributed by atoms with van der Waals surface area (Å²) in [5.74, 6) is 0. The highest BCUT2D eigenvalue weighted by atomic mass is 16.6. The number of nitro benzene ring substituents is 1. The lowest BCUT2D eigenvalue weighted by molar-refractivity contribution is -0.383. The maximum Gasteiger partial charge on any atom is 0.292 e. The topological polar surface area (TPSA) is 68.1 Å². The van der Waals surface area contributed by atoms with E-state index in [4.69, 9.17) is 0 Å². The number of fused-ring (bicyclic) bond motifs is 1. The lowest BCUT2D eigenvalue weighted by atomic mass is 10.2. The van der Waals surface area contributed by atoms with Gasteiger partial charge in [0.2, 0.25) is 0 Å². The summed E-state index contributed by atoms with van der Waals surface area (Å²) < 4.78 is 0. The third kappa shape index (κ3) is 2.16. The first-order valence-corrected chi connectivity index (χ1v) is 6.10. The lowest BCUT2D eigenvalue weighted by Gasteiger charge is -2.09. The maximum atomic E-state index is 11.0. The minimum absolute atomic E-state index is 0.0421. The number of nitro groups is 1. The number of hydrogen-bond donors (Lipinski definition) is 1. The highest BCUT2D eigenvalue weighted by molar-refractivity contribution is 5.92. The Morgan fingerprint density at radius 2 is 1.70 bits per heavy atom. The summed E-state index contributed by atoms with van der Waals surface area (Å²) >= 11 is 0. The molecule has 5 heteroatoms. The molecule has 0 aliphatic heterocycles. The van der Waals surface area contributed by atoms with Crippen LogP contribution in [-0.4, -0.2) is 9.91 Å². The van der Waals surface area contributed by atoms with E-state index in [-0.39, 0.29) is 5.69 Å². The van der Waals surface area contributed by atoms with E-state index in [1.54, 1.807) is 24.4 Å². The minimum atomic E-state index is -0.402. The fourth-order valence-corrected chi connectivity index (χ4v) is 2.09. The first-order chi connectivity index (χ1) is 9.75. The molecule has 98 valence electrons. The van der Waals surface area contributed by atoms with Crippen molar-refractivity contribution < 1.29 is 4.92 Å². The van der Waals surface area contributed by atoms with Gasteiger partial charge in [0.05, 0.1) is 16.1 Å². The van der Waals surface area contributed by atoms with Gasteiger partial charge in [0.25, 0.3) is 5.69 Å². The zero-order valence-corrected chi connectivity index (χ0v) is 10.5. The van der Waals surface area contributed by atoms with Gasteiger partial charge in [0.1, 0.15) is 5.69 Å². The molecule has 0 atom stereocenters. The molecule has 0 saturated carbocycles. The Morgan fingerprint density at radius 1 is 0.950 bits per heavy atom. The van der Waals surface area contributed by atoms with Crippen molar-refractivity contribution >= 4 is 28.0 Å². The van der Waals surface area contributed by atoms with Crippen LogP contribution in [0.4, 0.5) is 17.1 Å². The fourth-order valence-electron chi connectivity index (χ4n) is 2.09. The molecule has 0 aliphatic carbocycles. The van der Waals surface area contributed by atoms with E-state index in [0.717, 1.165) is 16.6 Å².